The Kier molecular flexibility index (Phi) is 3.27. The van der Waals surface area contributed by atoms with Gasteiger partial charge in [-0.05, 0) is 43.4 Å². The Morgan fingerprint density at radius 3 is 2.73 bits per heavy atom. The van der Waals surface area contributed by atoms with Crippen molar-refractivity contribution < 1.29 is 0 Å². The highest BCUT2D eigenvalue weighted by atomic mass is 15.1. The monoisotopic (exact) mass is 204 g/mol. The second kappa shape index (κ2) is 4.67. The van der Waals surface area contributed by atoms with E-state index < -0.39 is 0 Å². The van der Waals surface area contributed by atoms with Gasteiger partial charge in [-0.1, -0.05) is 18.2 Å². The number of para-hydroxylation sites is 1. The summed E-state index contributed by atoms with van der Waals surface area (Å²) in [7, 11) is 2.19. The molecule has 0 unspecified atom stereocenters. The van der Waals surface area contributed by atoms with Crippen molar-refractivity contribution in [1.29, 1.82) is 0 Å². The van der Waals surface area contributed by atoms with Crippen molar-refractivity contribution in [1.82, 2.24) is 0 Å². The van der Waals surface area contributed by atoms with E-state index in [2.05, 4.69) is 36.2 Å². The molecular weight excluding hydrogens is 184 g/mol. The van der Waals surface area contributed by atoms with Crippen molar-refractivity contribution in [2.45, 2.75) is 19.3 Å². The first kappa shape index (κ1) is 10.5. The van der Waals surface area contributed by atoms with Crippen molar-refractivity contribution in [3.63, 3.8) is 0 Å². The second-order valence-electron chi connectivity index (χ2n) is 4.49. The zero-order valence-corrected chi connectivity index (χ0v) is 9.45. The minimum absolute atomic E-state index is 0.730. The molecule has 0 bridgehead atoms. The van der Waals surface area contributed by atoms with Crippen LogP contribution < -0.4 is 10.6 Å². The van der Waals surface area contributed by atoms with Gasteiger partial charge >= 0.3 is 0 Å². The average Bonchev–Trinajstić information content (AvgIpc) is 3.03. The molecule has 15 heavy (non-hydrogen) atoms. The van der Waals surface area contributed by atoms with Gasteiger partial charge in [0.25, 0.3) is 0 Å². The van der Waals surface area contributed by atoms with E-state index in [9.17, 15) is 0 Å². The van der Waals surface area contributed by atoms with Crippen molar-refractivity contribution >= 4 is 5.69 Å². The summed E-state index contributed by atoms with van der Waals surface area (Å²) >= 11 is 0. The molecule has 1 aliphatic rings. The lowest BCUT2D eigenvalue weighted by Gasteiger charge is -2.22. The number of benzene rings is 1. The number of anilines is 1. The minimum Gasteiger partial charge on any atom is -0.374 e. The van der Waals surface area contributed by atoms with Crippen LogP contribution in [0.15, 0.2) is 24.3 Å². The molecule has 0 radical (unpaired) electrons. The quantitative estimate of drug-likeness (QED) is 0.795. The number of hydrogen-bond donors (Lipinski definition) is 1. The fourth-order valence-electron chi connectivity index (χ4n) is 2.04. The first-order valence-electron chi connectivity index (χ1n) is 5.80. The first-order valence-corrected chi connectivity index (χ1v) is 5.80. The summed E-state index contributed by atoms with van der Waals surface area (Å²) in [5, 5.41) is 0. The normalized spacial score (nSPS) is 15.3. The predicted molar refractivity (Wildman–Crippen MR) is 65.2 cm³/mol. The molecule has 2 heteroatoms. The molecule has 1 saturated carbocycles. The van der Waals surface area contributed by atoms with Crippen molar-refractivity contribution in [2.75, 3.05) is 25.0 Å². The van der Waals surface area contributed by atoms with Gasteiger partial charge in [-0.2, -0.15) is 0 Å². The Morgan fingerprint density at radius 2 is 2.07 bits per heavy atom. The molecule has 0 saturated heterocycles. The van der Waals surface area contributed by atoms with E-state index in [1.54, 1.807) is 0 Å². The van der Waals surface area contributed by atoms with Crippen LogP contribution in [0.1, 0.15) is 18.4 Å². The van der Waals surface area contributed by atoms with Crippen molar-refractivity contribution in [3.05, 3.63) is 29.8 Å². The molecule has 0 aliphatic heterocycles. The lowest BCUT2D eigenvalue weighted by molar-refractivity contribution is 0.781. The lowest BCUT2D eigenvalue weighted by Crippen LogP contribution is -2.21. The number of rotatable bonds is 5. The molecule has 2 nitrogen and oxygen atoms in total. The Balaban J connectivity index is 2.09. The van der Waals surface area contributed by atoms with Gasteiger partial charge in [0.15, 0.2) is 0 Å². The van der Waals surface area contributed by atoms with Crippen molar-refractivity contribution in [2.24, 2.45) is 11.7 Å². The third-order valence-corrected chi connectivity index (χ3v) is 3.05. The zero-order valence-electron chi connectivity index (χ0n) is 9.45. The number of hydrogen-bond acceptors (Lipinski definition) is 2. The number of nitrogens with two attached hydrogens (primary N) is 1. The Labute approximate surface area is 92.1 Å². The first-order chi connectivity index (χ1) is 7.31. The topological polar surface area (TPSA) is 29.3 Å². The molecule has 0 heterocycles. The lowest BCUT2D eigenvalue weighted by atomic mass is 10.1. The van der Waals surface area contributed by atoms with Crippen LogP contribution in [0.4, 0.5) is 5.69 Å². The second-order valence-corrected chi connectivity index (χ2v) is 4.49. The summed E-state index contributed by atoms with van der Waals surface area (Å²) in [6.07, 6.45) is 3.79. The highest BCUT2D eigenvalue weighted by Crippen LogP contribution is 2.31. The molecule has 0 spiro atoms. The van der Waals surface area contributed by atoms with Crippen LogP contribution in [0.25, 0.3) is 0 Å². The molecule has 2 N–H and O–H groups in total. The van der Waals surface area contributed by atoms with Gasteiger partial charge < -0.3 is 10.6 Å². The smallest absolute Gasteiger partial charge is 0.0396 e. The molecule has 0 aromatic heterocycles. The Bertz CT molecular complexity index is 318. The fraction of sp³-hybridized carbons (Fsp3) is 0.538. The summed E-state index contributed by atoms with van der Waals surface area (Å²) in [6.45, 7) is 1.93. The molecular formula is C13H20N2. The van der Waals surface area contributed by atoms with Crippen LogP contribution in [-0.4, -0.2) is 20.1 Å². The van der Waals surface area contributed by atoms with Crippen LogP contribution in [0.2, 0.25) is 0 Å². The zero-order chi connectivity index (χ0) is 10.7. The molecule has 2 rings (SSSR count). The van der Waals surface area contributed by atoms with Crippen LogP contribution in [0.5, 0.6) is 0 Å². The van der Waals surface area contributed by atoms with Crippen molar-refractivity contribution in [3.8, 4) is 0 Å². The summed E-state index contributed by atoms with van der Waals surface area (Å²) in [5.41, 5.74) is 8.36. The summed E-state index contributed by atoms with van der Waals surface area (Å²) in [4.78, 5) is 2.38. The van der Waals surface area contributed by atoms with Gasteiger partial charge in [0.2, 0.25) is 0 Å². The van der Waals surface area contributed by atoms with E-state index in [4.69, 9.17) is 5.73 Å². The fourth-order valence-corrected chi connectivity index (χ4v) is 2.04. The third kappa shape index (κ3) is 2.72. The maximum Gasteiger partial charge on any atom is 0.0396 e. The van der Waals surface area contributed by atoms with Crippen LogP contribution >= 0.6 is 0 Å². The van der Waals surface area contributed by atoms with Gasteiger partial charge in [0, 0.05) is 19.3 Å². The van der Waals surface area contributed by atoms with Crippen LogP contribution in [0, 0.1) is 5.92 Å². The largest absolute Gasteiger partial charge is 0.374 e. The molecule has 1 aromatic rings. The molecule has 0 atom stereocenters. The summed E-state index contributed by atoms with van der Waals surface area (Å²) in [5.74, 6) is 0.931. The minimum atomic E-state index is 0.730. The van der Waals surface area contributed by atoms with Gasteiger partial charge in [-0.3, -0.25) is 0 Å². The van der Waals surface area contributed by atoms with E-state index in [0.717, 1.165) is 18.9 Å². The van der Waals surface area contributed by atoms with Gasteiger partial charge in [-0.15, -0.1) is 0 Å². The summed E-state index contributed by atoms with van der Waals surface area (Å²) in [6, 6.07) is 8.59. The average molecular weight is 204 g/mol. The maximum atomic E-state index is 5.62. The van der Waals surface area contributed by atoms with E-state index in [-0.39, 0.29) is 0 Å². The van der Waals surface area contributed by atoms with Gasteiger partial charge in [0.05, 0.1) is 0 Å². The third-order valence-electron chi connectivity index (χ3n) is 3.05. The Hall–Kier alpha value is -1.02. The van der Waals surface area contributed by atoms with Gasteiger partial charge in [-0.25, -0.2) is 0 Å². The van der Waals surface area contributed by atoms with E-state index in [0.29, 0.717) is 0 Å². The molecule has 0 amide bonds. The van der Waals surface area contributed by atoms with Crippen LogP contribution in [0.3, 0.4) is 0 Å². The highest BCUT2D eigenvalue weighted by molar-refractivity contribution is 5.53. The molecule has 1 aromatic carbocycles. The highest BCUT2D eigenvalue weighted by Gasteiger charge is 2.23. The van der Waals surface area contributed by atoms with E-state index in [1.807, 2.05) is 0 Å². The van der Waals surface area contributed by atoms with E-state index >= 15 is 0 Å². The van der Waals surface area contributed by atoms with E-state index in [1.165, 1.54) is 30.6 Å². The SMILES string of the molecule is CN(CC1CC1)c1ccccc1CCN. The van der Waals surface area contributed by atoms with Crippen LogP contribution in [-0.2, 0) is 6.42 Å². The maximum absolute atomic E-state index is 5.62. The Morgan fingerprint density at radius 1 is 1.33 bits per heavy atom. The molecule has 1 fully saturated rings. The van der Waals surface area contributed by atoms with Gasteiger partial charge in [0.1, 0.15) is 0 Å². The molecule has 1 aliphatic carbocycles. The summed E-state index contributed by atoms with van der Waals surface area (Å²) < 4.78 is 0. The molecule has 82 valence electrons. The number of nitrogens with zero attached hydrogens (tertiary/aromatic N) is 1. The standard InChI is InChI=1S/C13H20N2/c1-15(10-11-6-7-11)13-5-3-2-4-12(13)8-9-14/h2-5,11H,6-10,14H2,1H3. The predicted octanol–water partition coefficient (Wildman–Crippen LogP) is 2.03.